The number of H-pyrrole nitrogens is 1. The Balaban J connectivity index is 1.54. The van der Waals surface area contributed by atoms with Gasteiger partial charge < -0.3 is 33.5 Å². The molecule has 2 unspecified atom stereocenters. The molecule has 1 aliphatic rings. The van der Waals surface area contributed by atoms with Crippen molar-refractivity contribution >= 4 is 0 Å². The monoisotopic (exact) mass is 643 g/mol. The summed E-state index contributed by atoms with van der Waals surface area (Å²) in [6.07, 6.45) is -2.96. The number of nitrogens with zero attached hydrogens (tertiary/aromatic N) is 2. The lowest BCUT2D eigenvalue weighted by Crippen LogP contribution is -2.41. The normalized spacial score (nSPS) is 19.3. The van der Waals surface area contributed by atoms with E-state index in [0.29, 0.717) is 11.5 Å². The van der Waals surface area contributed by atoms with Crippen LogP contribution in [0, 0.1) is 18.3 Å². The first-order chi connectivity index (χ1) is 22.8. The molecule has 0 radical (unpaired) electrons. The van der Waals surface area contributed by atoms with E-state index in [0.717, 1.165) is 16.7 Å². The number of hydrogen-bond donors (Lipinski definition) is 2. The summed E-state index contributed by atoms with van der Waals surface area (Å²) in [6.45, 7) is 1.27. The average Bonchev–Trinajstić information content (AvgIpc) is 3.41. The van der Waals surface area contributed by atoms with Crippen LogP contribution < -0.4 is 20.7 Å². The number of aliphatic hydroxyl groups excluding tert-OH is 1. The van der Waals surface area contributed by atoms with Crippen LogP contribution in [-0.2, 0) is 24.5 Å². The lowest BCUT2D eigenvalue weighted by molar-refractivity contribution is -0.139. The third-order valence-corrected chi connectivity index (χ3v) is 8.07. The molecular weight excluding hydrogens is 606 g/mol. The van der Waals surface area contributed by atoms with Crippen molar-refractivity contribution in [1.29, 1.82) is 5.26 Å². The summed E-state index contributed by atoms with van der Waals surface area (Å²) in [5, 5.41) is 20.4. The predicted octanol–water partition coefficient (Wildman–Crippen LogP) is 3.40. The largest absolute Gasteiger partial charge is 0.497 e. The molecule has 1 fully saturated rings. The number of ether oxygens (including phenoxy) is 6. The molecule has 0 aliphatic carbocycles. The van der Waals surface area contributed by atoms with Crippen LogP contribution >= 0.6 is 0 Å². The molecule has 3 aromatic carbocycles. The number of aromatic nitrogens is 2. The standard InChI is InChI=1S/C35H37N3O9/c1-23-20-38(34(41)37-32(23)40)33-31(45-22-44-19-7-18-36)30(39)29(47-33)21-46-35(24-8-5-4-6-9-24,25-10-14-27(42-2)15-11-25)26-12-16-28(43-3)17-13-26/h4-6,8-17,20,29-31,33,39H,7,19,21-22H2,1-3H3,(H,37,40,41)/t29-,30?,31?,33-/m0/s1. The maximum absolute atomic E-state index is 12.9. The molecule has 2 heterocycles. The van der Waals surface area contributed by atoms with E-state index >= 15 is 0 Å². The van der Waals surface area contributed by atoms with E-state index < -0.39 is 41.4 Å². The predicted molar refractivity (Wildman–Crippen MR) is 170 cm³/mol. The zero-order chi connectivity index (χ0) is 33.4. The van der Waals surface area contributed by atoms with Gasteiger partial charge in [-0.25, -0.2) is 4.79 Å². The lowest BCUT2D eigenvalue weighted by Gasteiger charge is -2.37. The molecule has 1 aromatic heterocycles. The fourth-order valence-corrected chi connectivity index (χ4v) is 5.62. The van der Waals surface area contributed by atoms with Crippen molar-refractivity contribution in [2.75, 3.05) is 34.2 Å². The minimum atomic E-state index is -1.28. The minimum absolute atomic E-state index is 0.123. The van der Waals surface area contributed by atoms with Gasteiger partial charge in [-0.15, -0.1) is 0 Å². The number of rotatable bonds is 14. The van der Waals surface area contributed by atoms with E-state index in [4.69, 9.17) is 33.7 Å². The number of aryl methyl sites for hydroxylation is 1. The van der Waals surface area contributed by atoms with Gasteiger partial charge in [-0.05, 0) is 47.9 Å². The Morgan fingerprint density at radius 1 is 0.936 bits per heavy atom. The van der Waals surface area contributed by atoms with Crippen LogP contribution in [0.5, 0.6) is 11.5 Å². The Kier molecular flexibility index (Phi) is 10.9. The van der Waals surface area contributed by atoms with E-state index in [1.807, 2.05) is 84.9 Å². The van der Waals surface area contributed by atoms with Crippen LogP contribution in [-0.4, -0.2) is 67.2 Å². The van der Waals surface area contributed by atoms with Crippen LogP contribution in [0.25, 0.3) is 0 Å². The molecule has 0 amide bonds. The van der Waals surface area contributed by atoms with Gasteiger partial charge in [0.25, 0.3) is 5.56 Å². The third kappa shape index (κ3) is 7.15. The number of methoxy groups -OCH3 is 2. The fourth-order valence-electron chi connectivity index (χ4n) is 5.62. The number of benzene rings is 3. The van der Waals surface area contributed by atoms with Crippen LogP contribution in [0.2, 0.25) is 0 Å². The number of nitriles is 1. The van der Waals surface area contributed by atoms with Crippen LogP contribution in [0.4, 0.5) is 0 Å². The van der Waals surface area contributed by atoms with Gasteiger partial charge in [0, 0.05) is 11.8 Å². The first-order valence-corrected chi connectivity index (χ1v) is 15.0. The quantitative estimate of drug-likeness (QED) is 0.119. The van der Waals surface area contributed by atoms with Gasteiger partial charge in [0.15, 0.2) is 6.23 Å². The van der Waals surface area contributed by atoms with Crippen LogP contribution in [0.15, 0.2) is 94.6 Å². The van der Waals surface area contributed by atoms with E-state index in [9.17, 15) is 14.7 Å². The molecule has 5 rings (SSSR count). The van der Waals surface area contributed by atoms with Gasteiger partial charge >= 0.3 is 5.69 Å². The van der Waals surface area contributed by atoms with Crippen molar-refractivity contribution in [1.82, 2.24) is 9.55 Å². The van der Waals surface area contributed by atoms with Crippen molar-refractivity contribution in [2.24, 2.45) is 0 Å². The Morgan fingerprint density at radius 3 is 2.11 bits per heavy atom. The lowest BCUT2D eigenvalue weighted by atomic mass is 9.80. The summed E-state index contributed by atoms with van der Waals surface area (Å²) in [4.78, 5) is 27.3. The Labute approximate surface area is 271 Å². The summed E-state index contributed by atoms with van der Waals surface area (Å²) < 4.78 is 36.5. The van der Waals surface area contributed by atoms with Gasteiger partial charge in [-0.1, -0.05) is 54.6 Å². The second kappa shape index (κ2) is 15.2. The molecule has 12 nitrogen and oxygen atoms in total. The highest BCUT2D eigenvalue weighted by Crippen LogP contribution is 2.43. The number of aromatic amines is 1. The maximum Gasteiger partial charge on any atom is 0.330 e. The van der Waals surface area contributed by atoms with Crippen molar-refractivity contribution in [3.63, 3.8) is 0 Å². The molecule has 0 spiro atoms. The van der Waals surface area contributed by atoms with Crippen molar-refractivity contribution in [2.45, 2.75) is 43.5 Å². The second-order valence-corrected chi connectivity index (χ2v) is 10.9. The summed E-state index contributed by atoms with van der Waals surface area (Å²) in [5.74, 6) is 1.34. The zero-order valence-electron chi connectivity index (χ0n) is 26.3. The smallest absolute Gasteiger partial charge is 0.330 e. The van der Waals surface area contributed by atoms with Gasteiger partial charge in [0.2, 0.25) is 0 Å². The first kappa shape index (κ1) is 33.6. The Hall–Kier alpha value is -4.77. The highest BCUT2D eigenvalue weighted by molar-refractivity contribution is 5.49. The first-order valence-electron chi connectivity index (χ1n) is 15.0. The minimum Gasteiger partial charge on any atom is -0.497 e. The van der Waals surface area contributed by atoms with Crippen LogP contribution in [0.1, 0.15) is 34.9 Å². The molecule has 246 valence electrons. The summed E-state index contributed by atoms with van der Waals surface area (Å²) in [7, 11) is 3.19. The molecule has 1 aliphatic heterocycles. The van der Waals surface area contributed by atoms with E-state index in [-0.39, 0.29) is 32.0 Å². The summed E-state index contributed by atoms with van der Waals surface area (Å²) in [6, 6.07) is 26.7. The molecule has 0 saturated carbocycles. The van der Waals surface area contributed by atoms with E-state index in [2.05, 4.69) is 4.98 Å². The molecule has 47 heavy (non-hydrogen) atoms. The summed E-state index contributed by atoms with van der Waals surface area (Å²) in [5.41, 5.74) is 0.194. The van der Waals surface area contributed by atoms with Gasteiger partial charge in [0.05, 0.1) is 39.9 Å². The van der Waals surface area contributed by atoms with Crippen molar-refractivity contribution < 1.29 is 33.5 Å². The van der Waals surface area contributed by atoms with E-state index in [1.54, 1.807) is 21.1 Å². The number of hydrogen-bond acceptors (Lipinski definition) is 10. The molecule has 4 aromatic rings. The van der Waals surface area contributed by atoms with Crippen molar-refractivity contribution in [3.8, 4) is 17.6 Å². The highest BCUT2D eigenvalue weighted by Gasteiger charge is 2.48. The van der Waals surface area contributed by atoms with Crippen LogP contribution in [0.3, 0.4) is 0 Å². The SMILES string of the molecule is COc1ccc(C(OC[C@@H]2O[C@H](n3cc(C)c(=O)[nH]c3=O)C(OCOCCC#N)C2O)(c2ccccc2)c2ccc(OC)cc2)cc1. The number of aliphatic hydroxyl groups is 1. The van der Waals surface area contributed by atoms with Crippen molar-refractivity contribution in [3.05, 3.63) is 128 Å². The summed E-state index contributed by atoms with van der Waals surface area (Å²) >= 11 is 0. The fraction of sp³-hybridized carbons (Fsp3) is 0.343. The highest BCUT2D eigenvalue weighted by atomic mass is 16.7. The average molecular weight is 644 g/mol. The third-order valence-electron chi connectivity index (χ3n) is 8.07. The molecule has 1 saturated heterocycles. The molecular formula is C35H37N3O9. The zero-order valence-corrected chi connectivity index (χ0v) is 26.3. The molecule has 12 heteroatoms. The van der Waals surface area contributed by atoms with E-state index in [1.165, 1.54) is 10.8 Å². The van der Waals surface area contributed by atoms with Gasteiger partial charge in [0.1, 0.15) is 42.2 Å². The topological polar surface area (TPSA) is 154 Å². The Morgan fingerprint density at radius 2 is 1.53 bits per heavy atom. The Bertz CT molecular complexity index is 1720. The molecule has 2 N–H and O–H groups in total. The second-order valence-electron chi connectivity index (χ2n) is 10.9. The van der Waals surface area contributed by atoms with Gasteiger partial charge in [-0.3, -0.25) is 14.3 Å². The number of nitrogens with one attached hydrogen (secondary N) is 1. The van der Waals surface area contributed by atoms with Gasteiger partial charge in [-0.2, -0.15) is 5.26 Å². The molecule has 0 bridgehead atoms. The maximum atomic E-state index is 12.9. The molecule has 4 atom stereocenters.